The molecule has 1 aliphatic heterocycles. The molecule has 0 radical (unpaired) electrons. The summed E-state index contributed by atoms with van der Waals surface area (Å²) >= 11 is 0. The van der Waals surface area contributed by atoms with Crippen LogP contribution in [0, 0.1) is 6.92 Å². The van der Waals surface area contributed by atoms with Crippen molar-refractivity contribution >= 4 is 30.7 Å². The van der Waals surface area contributed by atoms with Crippen molar-refractivity contribution in [3.05, 3.63) is 41.8 Å². The largest absolute Gasteiger partial charge is 0.441 e. The van der Waals surface area contributed by atoms with E-state index in [0.29, 0.717) is 12.3 Å². The Morgan fingerprint density at radius 3 is 2.71 bits per heavy atom. The Morgan fingerprint density at radius 1 is 1.33 bits per heavy atom. The first-order valence-corrected chi connectivity index (χ1v) is 7.67. The molecular weight excluding hydrogens is 349 g/mol. The number of nitrogens with zero attached hydrogens (tertiary/aromatic N) is 2. The topological polar surface area (TPSA) is 58.4 Å². The first-order chi connectivity index (χ1) is 10.6. The number of carbonyl (C=O) groups excluding carboxylic acids is 1. The van der Waals surface area contributed by atoms with Crippen LogP contribution in [0.1, 0.15) is 18.4 Å². The second kappa shape index (κ2) is 9.06. The van der Waals surface area contributed by atoms with Gasteiger partial charge >= 0.3 is 0 Å². The van der Waals surface area contributed by atoms with Crippen LogP contribution in [0.25, 0.3) is 11.5 Å². The first kappa shape index (κ1) is 20.5. The van der Waals surface area contributed by atoms with E-state index in [0.717, 1.165) is 36.7 Å². The number of piperazine rings is 1. The standard InChI is InChI=1S/C17H21N3O2.2ClH/c1-12-11-18-8-9-20(12)16(21)10-15-13(2)22-17(19-15)14-6-4-3-5-7-14;;/h3-7,12,18H,8-11H2,1-2H3;2*1H/t12-;;/m1../s1. The minimum Gasteiger partial charge on any atom is -0.441 e. The van der Waals surface area contributed by atoms with Gasteiger partial charge in [0.15, 0.2) is 0 Å². The molecular formula is C17H23Cl2N3O2. The summed E-state index contributed by atoms with van der Waals surface area (Å²) < 4.78 is 5.72. The number of amides is 1. The van der Waals surface area contributed by atoms with E-state index in [9.17, 15) is 4.79 Å². The van der Waals surface area contributed by atoms with Crippen LogP contribution in [0.5, 0.6) is 0 Å². The Morgan fingerprint density at radius 2 is 2.04 bits per heavy atom. The second-order valence-electron chi connectivity index (χ2n) is 5.70. The quantitative estimate of drug-likeness (QED) is 0.900. The molecule has 0 unspecified atom stereocenters. The predicted molar refractivity (Wildman–Crippen MR) is 98.9 cm³/mol. The van der Waals surface area contributed by atoms with Gasteiger partial charge in [0.1, 0.15) is 5.76 Å². The molecule has 5 nitrogen and oxygen atoms in total. The Bertz CT molecular complexity index is 661. The van der Waals surface area contributed by atoms with Crippen LogP contribution in [-0.4, -0.2) is 41.5 Å². The van der Waals surface area contributed by atoms with E-state index in [1.54, 1.807) is 0 Å². The van der Waals surface area contributed by atoms with Gasteiger partial charge in [-0.05, 0) is 26.0 Å². The highest BCUT2D eigenvalue weighted by Crippen LogP contribution is 2.22. The van der Waals surface area contributed by atoms with Gasteiger partial charge in [-0.1, -0.05) is 18.2 Å². The number of benzene rings is 1. The second-order valence-corrected chi connectivity index (χ2v) is 5.70. The third kappa shape index (κ3) is 4.50. The number of hydrogen-bond donors (Lipinski definition) is 1. The summed E-state index contributed by atoms with van der Waals surface area (Å²) in [7, 11) is 0. The number of rotatable bonds is 3. The van der Waals surface area contributed by atoms with Crippen LogP contribution in [0.2, 0.25) is 0 Å². The number of hydrogen-bond acceptors (Lipinski definition) is 4. The SMILES string of the molecule is Cc1oc(-c2ccccc2)nc1CC(=O)N1CCNC[C@H]1C.Cl.Cl. The van der Waals surface area contributed by atoms with Crippen LogP contribution in [-0.2, 0) is 11.2 Å². The van der Waals surface area contributed by atoms with Gasteiger partial charge in [0, 0.05) is 31.2 Å². The Labute approximate surface area is 154 Å². The highest BCUT2D eigenvalue weighted by molar-refractivity contribution is 5.85. The molecule has 1 amide bonds. The summed E-state index contributed by atoms with van der Waals surface area (Å²) in [5.74, 6) is 1.41. The average Bonchev–Trinajstić information content (AvgIpc) is 2.89. The summed E-state index contributed by atoms with van der Waals surface area (Å²) in [6.45, 7) is 6.38. The lowest BCUT2D eigenvalue weighted by atomic mass is 10.1. The summed E-state index contributed by atoms with van der Waals surface area (Å²) in [6, 6.07) is 9.98. The minimum atomic E-state index is 0. The van der Waals surface area contributed by atoms with Crippen molar-refractivity contribution in [1.82, 2.24) is 15.2 Å². The molecule has 0 bridgehead atoms. The molecule has 2 heterocycles. The normalized spacial score (nSPS) is 16.9. The summed E-state index contributed by atoms with van der Waals surface area (Å²) in [4.78, 5) is 18.9. The number of carbonyl (C=O) groups is 1. The van der Waals surface area contributed by atoms with Crippen molar-refractivity contribution in [3.63, 3.8) is 0 Å². The van der Waals surface area contributed by atoms with Gasteiger partial charge in [0.2, 0.25) is 11.8 Å². The third-order valence-corrected chi connectivity index (χ3v) is 4.05. The fourth-order valence-corrected chi connectivity index (χ4v) is 2.75. The Kier molecular flexibility index (Phi) is 7.73. The molecule has 1 aromatic heterocycles. The molecule has 3 rings (SSSR count). The fourth-order valence-electron chi connectivity index (χ4n) is 2.75. The van der Waals surface area contributed by atoms with Crippen molar-refractivity contribution in [2.75, 3.05) is 19.6 Å². The van der Waals surface area contributed by atoms with Crippen molar-refractivity contribution in [2.45, 2.75) is 26.3 Å². The maximum Gasteiger partial charge on any atom is 0.229 e. The summed E-state index contributed by atoms with van der Waals surface area (Å²) in [5.41, 5.74) is 1.66. The van der Waals surface area contributed by atoms with Gasteiger partial charge in [0.05, 0.1) is 12.1 Å². The molecule has 1 aliphatic rings. The average molecular weight is 372 g/mol. The van der Waals surface area contributed by atoms with Crippen molar-refractivity contribution in [1.29, 1.82) is 0 Å². The molecule has 1 fully saturated rings. The predicted octanol–water partition coefficient (Wildman–Crippen LogP) is 2.86. The molecule has 132 valence electrons. The highest BCUT2D eigenvalue weighted by atomic mass is 35.5. The number of halogens is 2. The molecule has 0 saturated carbocycles. The Hall–Kier alpha value is -1.56. The van der Waals surface area contributed by atoms with E-state index in [4.69, 9.17) is 4.42 Å². The molecule has 2 aromatic rings. The van der Waals surface area contributed by atoms with Gasteiger partial charge in [-0.25, -0.2) is 4.98 Å². The molecule has 0 spiro atoms. The smallest absolute Gasteiger partial charge is 0.229 e. The highest BCUT2D eigenvalue weighted by Gasteiger charge is 2.24. The molecule has 1 aromatic carbocycles. The lowest BCUT2D eigenvalue weighted by Gasteiger charge is -2.33. The zero-order valence-electron chi connectivity index (χ0n) is 13.8. The number of aryl methyl sites for hydroxylation is 1. The molecule has 1 N–H and O–H groups in total. The van der Waals surface area contributed by atoms with Crippen LogP contribution in [0.3, 0.4) is 0 Å². The molecule has 0 aliphatic carbocycles. The van der Waals surface area contributed by atoms with Gasteiger partial charge < -0.3 is 14.6 Å². The molecule has 7 heteroatoms. The van der Waals surface area contributed by atoms with Gasteiger partial charge in [-0.2, -0.15) is 0 Å². The monoisotopic (exact) mass is 371 g/mol. The third-order valence-electron chi connectivity index (χ3n) is 4.05. The Balaban J connectivity index is 0.00000144. The number of oxazole rings is 1. The van der Waals surface area contributed by atoms with Gasteiger partial charge in [0.25, 0.3) is 0 Å². The van der Waals surface area contributed by atoms with E-state index in [1.807, 2.05) is 42.2 Å². The molecule has 1 saturated heterocycles. The minimum absolute atomic E-state index is 0. The van der Waals surface area contributed by atoms with Crippen LogP contribution >= 0.6 is 24.8 Å². The number of aromatic nitrogens is 1. The van der Waals surface area contributed by atoms with E-state index in [1.165, 1.54) is 0 Å². The van der Waals surface area contributed by atoms with E-state index in [-0.39, 0.29) is 36.8 Å². The number of nitrogens with one attached hydrogen (secondary N) is 1. The maximum absolute atomic E-state index is 12.5. The van der Waals surface area contributed by atoms with Crippen LogP contribution < -0.4 is 5.32 Å². The summed E-state index contributed by atoms with van der Waals surface area (Å²) in [6.07, 6.45) is 0.298. The van der Waals surface area contributed by atoms with Gasteiger partial charge in [-0.3, -0.25) is 4.79 Å². The van der Waals surface area contributed by atoms with Gasteiger partial charge in [-0.15, -0.1) is 24.8 Å². The molecule has 1 atom stereocenters. The first-order valence-electron chi connectivity index (χ1n) is 7.67. The van der Waals surface area contributed by atoms with Crippen molar-refractivity contribution in [2.24, 2.45) is 0 Å². The van der Waals surface area contributed by atoms with Crippen molar-refractivity contribution < 1.29 is 9.21 Å². The van der Waals surface area contributed by atoms with E-state index >= 15 is 0 Å². The van der Waals surface area contributed by atoms with E-state index < -0.39 is 0 Å². The van der Waals surface area contributed by atoms with Crippen LogP contribution in [0.15, 0.2) is 34.7 Å². The zero-order valence-corrected chi connectivity index (χ0v) is 15.5. The maximum atomic E-state index is 12.5. The van der Waals surface area contributed by atoms with Crippen molar-refractivity contribution in [3.8, 4) is 11.5 Å². The fraction of sp³-hybridized carbons (Fsp3) is 0.412. The van der Waals surface area contributed by atoms with Crippen LogP contribution in [0.4, 0.5) is 0 Å². The van der Waals surface area contributed by atoms with E-state index in [2.05, 4.69) is 17.2 Å². The zero-order chi connectivity index (χ0) is 15.5. The lowest BCUT2D eigenvalue weighted by Crippen LogP contribution is -2.52. The lowest BCUT2D eigenvalue weighted by molar-refractivity contribution is -0.133. The molecule has 24 heavy (non-hydrogen) atoms. The summed E-state index contributed by atoms with van der Waals surface area (Å²) in [5, 5.41) is 3.29.